The van der Waals surface area contributed by atoms with Crippen molar-refractivity contribution in [2.45, 2.75) is 6.92 Å². The van der Waals surface area contributed by atoms with E-state index in [0.717, 1.165) is 11.3 Å². The molecule has 0 unspecified atom stereocenters. The Morgan fingerprint density at radius 2 is 2.19 bits per heavy atom. The molecule has 82 valence electrons. The molecular formula is C12H11NO2S. The average molecular weight is 233 g/mol. The third-order valence-corrected chi connectivity index (χ3v) is 2.86. The number of hydrogen-bond donors (Lipinski definition) is 2. The van der Waals surface area contributed by atoms with E-state index in [2.05, 4.69) is 5.32 Å². The predicted molar refractivity (Wildman–Crippen MR) is 65.1 cm³/mol. The molecule has 2 rings (SSSR count). The third kappa shape index (κ3) is 2.23. The molecule has 1 amide bonds. The normalized spacial score (nSPS) is 10.1. The summed E-state index contributed by atoms with van der Waals surface area (Å²) >= 11 is 1.51. The smallest absolute Gasteiger partial charge is 0.259 e. The number of anilines is 1. The fraction of sp³-hybridized carbons (Fsp3) is 0.0833. The van der Waals surface area contributed by atoms with Crippen molar-refractivity contribution < 1.29 is 9.90 Å². The van der Waals surface area contributed by atoms with Crippen molar-refractivity contribution >= 4 is 22.9 Å². The van der Waals surface area contributed by atoms with E-state index >= 15 is 0 Å². The summed E-state index contributed by atoms with van der Waals surface area (Å²) < 4.78 is 0. The molecule has 2 aromatic rings. The molecule has 3 nitrogen and oxygen atoms in total. The zero-order valence-electron chi connectivity index (χ0n) is 8.73. The van der Waals surface area contributed by atoms with Crippen LogP contribution >= 0.6 is 11.3 Å². The van der Waals surface area contributed by atoms with Crippen molar-refractivity contribution in [3.8, 4) is 5.75 Å². The van der Waals surface area contributed by atoms with Crippen molar-refractivity contribution in [3.63, 3.8) is 0 Å². The largest absolute Gasteiger partial charge is 0.507 e. The Labute approximate surface area is 97.4 Å². The quantitative estimate of drug-likeness (QED) is 0.837. The van der Waals surface area contributed by atoms with Crippen molar-refractivity contribution in [2.24, 2.45) is 0 Å². The van der Waals surface area contributed by atoms with Gasteiger partial charge >= 0.3 is 0 Å². The first-order chi connectivity index (χ1) is 7.66. The topological polar surface area (TPSA) is 49.3 Å². The summed E-state index contributed by atoms with van der Waals surface area (Å²) in [6, 6.07) is 6.80. The highest BCUT2D eigenvalue weighted by Gasteiger charge is 2.11. The van der Waals surface area contributed by atoms with Crippen LogP contribution in [0.3, 0.4) is 0 Å². The maximum atomic E-state index is 11.8. The minimum absolute atomic E-state index is 0.00716. The highest BCUT2D eigenvalue weighted by molar-refractivity contribution is 7.08. The fourth-order valence-corrected chi connectivity index (χ4v) is 1.96. The van der Waals surface area contributed by atoms with Gasteiger partial charge in [-0.25, -0.2) is 0 Å². The van der Waals surface area contributed by atoms with Crippen LogP contribution in [0.1, 0.15) is 15.9 Å². The van der Waals surface area contributed by atoms with Gasteiger partial charge in [-0.1, -0.05) is 6.07 Å². The number of aromatic hydroxyl groups is 1. The molecule has 16 heavy (non-hydrogen) atoms. The summed E-state index contributed by atoms with van der Waals surface area (Å²) in [5, 5.41) is 16.1. The molecule has 0 bridgehead atoms. The van der Waals surface area contributed by atoms with Crippen molar-refractivity contribution in [3.05, 3.63) is 46.2 Å². The number of phenolic OH excluding ortho intramolecular Hbond substituents is 1. The fourth-order valence-electron chi connectivity index (χ4n) is 1.37. The van der Waals surface area contributed by atoms with Gasteiger partial charge in [-0.15, -0.1) is 0 Å². The lowest BCUT2D eigenvalue weighted by Gasteiger charge is -2.05. The molecule has 4 heteroatoms. The molecule has 0 aliphatic rings. The van der Waals surface area contributed by atoms with Crippen LogP contribution in [0.25, 0.3) is 0 Å². The van der Waals surface area contributed by atoms with Crippen LogP contribution in [0, 0.1) is 6.92 Å². The lowest BCUT2D eigenvalue weighted by molar-refractivity contribution is 0.102. The first-order valence-electron chi connectivity index (χ1n) is 4.80. The van der Waals surface area contributed by atoms with E-state index in [0.29, 0.717) is 0 Å². The standard InChI is InChI=1S/C12H11NO2S/c1-8-2-3-10(11(14)6-8)12(15)13-9-4-5-16-7-9/h2-7,14H,1H3,(H,13,15). The van der Waals surface area contributed by atoms with Gasteiger partial charge in [-0.05, 0) is 36.1 Å². The van der Waals surface area contributed by atoms with Gasteiger partial charge in [0.25, 0.3) is 5.91 Å². The number of aryl methyl sites for hydroxylation is 1. The Morgan fingerprint density at radius 1 is 1.38 bits per heavy atom. The molecule has 0 saturated carbocycles. The molecule has 2 N–H and O–H groups in total. The number of thiophene rings is 1. The highest BCUT2D eigenvalue weighted by Crippen LogP contribution is 2.20. The van der Waals surface area contributed by atoms with Crippen molar-refractivity contribution in [1.82, 2.24) is 0 Å². The molecule has 1 aromatic carbocycles. The maximum Gasteiger partial charge on any atom is 0.259 e. The summed E-state index contributed by atoms with van der Waals surface area (Å²) in [6.07, 6.45) is 0. The van der Waals surface area contributed by atoms with Crippen LogP contribution in [-0.2, 0) is 0 Å². The Hall–Kier alpha value is -1.81. The van der Waals surface area contributed by atoms with Crippen LogP contribution in [0.5, 0.6) is 5.75 Å². The second-order valence-corrected chi connectivity index (χ2v) is 4.27. The lowest BCUT2D eigenvalue weighted by Crippen LogP contribution is -2.11. The first-order valence-corrected chi connectivity index (χ1v) is 5.74. The number of hydrogen-bond acceptors (Lipinski definition) is 3. The first kappa shape index (κ1) is 10.7. The van der Waals surface area contributed by atoms with E-state index in [1.165, 1.54) is 11.3 Å². The number of amides is 1. The zero-order valence-corrected chi connectivity index (χ0v) is 9.54. The molecule has 1 aromatic heterocycles. The molecule has 0 radical (unpaired) electrons. The van der Waals surface area contributed by atoms with Gasteiger partial charge in [0.1, 0.15) is 5.75 Å². The highest BCUT2D eigenvalue weighted by atomic mass is 32.1. The summed E-state index contributed by atoms with van der Waals surface area (Å²) in [5.74, 6) is -0.288. The lowest BCUT2D eigenvalue weighted by atomic mass is 10.1. The molecule has 0 saturated heterocycles. The number of phenols is 1. The maximum absolute atomic E-state index is 11.8. The van der Waals surface area contributed by atoms with Crippen LogP contribution in [0.2, 0.25) is 0 Å². The Morgan fingerprint density at radius 3 is 2.81 bits per heavy atom. The van der Waals surface area contributed by atoms with Crippen molar-refractivity contribution in [1.29, 1.82) is 0 Å². The van der Waals surface area contributed by atoms with E-state index < -0.39 is 0 Å². The van der Waals surface area contributed by atoms with Crippen LogP contribution in [0.4, 0.5) is 5.69 Å². The Kier molecular flexibility index (Phi) is 2.92. The predicted octanol–water partition coefficient (Wildman–Crippen LogP) is 3.01. The number of rotatable bonds is 2. The number of nitrogens with one attached hydrogen (secondary N) is 1. The minimum atomic E-state index is -0.295. The monoisotopic (exact) mass is 233 g/mol. The Balaban J connectivity index is 2.21. The summed E-state index contributed by atoms with van der Waals surface area (Å²) in [4.78, 5) is 11.8. The minimum Gasteiger partial charge on any atom is -0.507 e. The molecule has 0 aliphatic heterocycles. The average Bonchev–Trinajstić information content (AvgIpc) is 2.70. The van der Waals surface area contributed by atoms with E-state index in [1.54, 1.807) is 18.2 Å². The summed E-state index contributed by atoms with van der Waals surface area (Å²) in [5.41, 5.74) is 1.95. The van der Waals surface area contributed by atoms with Gasteiger partial charge in [0.2, 0.25) is 0 Å². The third-order valence-electron chi connectivity index (χ3n) is 2.18. The second kappa shape index (κ2) is 4.37. The Bertz CT molecular complexity index is 506. The SMILES string of the molecule is Cc1ccc(C(=O)Nc2ccsc2)c(O)c1. The number of benzene rings is 1. The van der Waals surface area contributed by atoms with Crippen LogP contribution in [-0.4, -0.2) is 11.0 Å². The van der Waals surface area contributed by atoms with Gasteiger partial charge in [-0.2, -0.15) is 11.3 Å². The van der Waals surface area contributed by atoms with Gasteiger partial charge in [0.15, 0.2) is 0 Å². The molecule has 0 spiro atoms. The molecule has 0 aliphatic carbocycles. The van der Waals surface area contributed by atoms with Gasteiger partial charge in [0, 0.05) is 5.38 Å². The van der Waals surface area contributed by atoms with Crippen molar-refractivity contribution in [2.75, 3.05) is 5.32 Å². The van der Waals surface area contributed by atoms with E-state index in [9.17, 15) is 9.90 Å². The van der Waals surface area contributed by atoms with Gasteiger partial charge < -0.3 is 10.4 Å². The van der Waals surface area contributed by atoms with E-state index in [1.807, 2.05) is 23.8 Å². The summed E-state index contributed by atoms with van der Waals surface area (Å²) in [7, 11) is 0. The van der Waals surface area contributed by atoms with Gasteiger partial charge in [0.05, 0.1) is 11.3 Å². The molecule has 1 heterocycles. The number of carbonyl (C=O) groups excluding carboxylic acids is 1. The van der Waals surface area contributed by atoms with E-state index in [4.69, 9.17) is 0 Å². The van der Waals surface area contributed by atoms with E-state index in [-0.39, 0.29) is 17.2 Å². The molecule has 0 fully saturated rings. The molecular weight excluding hydrogens is 222 g/mol. The molecule has 0 atom stereocenters. The van der Waals surface area contributed by atoms with Gasteiger partial charge in [-0.3, -0.25) is 4.79 Å². The van der Waals surface area contributed by atoms with Crippen LogP contribution < -0.4 is 5.32 Å². The van der Waals surface area contributed by atoms with Crippen LogP contribution in [0.15, 0.2) is 35.0 Å². The number of carbonyl (C=O) groups is 1. The zero-order chi connectivity index (χ0) is 11.5. The summed E-state index contributed by atoms with van der Waals surface area (Å²) in [6.45, 7) is 1.86. The second-order valence-electron chi connectivity index (χ2n) is 3.49.